The van der Waals surface area contributed by atoms with E-state index < -0.39 is 6.04 Å². The van der Waals surface area contributed by atoms with Gasteiger partial charge in [-0.25, -0.2) is 9.69 Å². The number of carbonyl (C=O) groups is 2. The summed E-state index contributed by atoms with van der Waals surface area (Å²) in [6.07, 6.45) is 0.509. The molecule has 1 fully saturated rings. The predicted octanol–water partition coefficient (Wildman–Crippen LogP) is 2.35. The molecule has 100 valence electrons. The van der Waals surface area contributed by atoms with Crippen LogP contribution >= 0.6 is 0 Å². The lowest BCUT2D eigenvalue weighted by Gasteiger charge is -2.12. The molecule has 0 aliphatic carbocycles. The molecule has 0 bridgehead atoms. The lowest BCUT2D eigenvalue weighted by atomic mass is 10.1. The van der Waals surface area contributed by atoms with Crippen LogP contribution in [0.25, 0.3) is 0 Å². The lowest BCUT2D eigenvalue weighted by molar-refractivity contribution is -0.118. The van der Waals surface area contributed by atoms with E-state index in [2.05, 4.69) is 5.32 Å². The van der Waals surface area contributed by atoms with Crippen molar-refractivity contribution in [2.45, 2.75) is 12.5 Å². The van der Waals surface area contributed by atoms with Crippen LogP contribution in [-0.4, -0.2) is 18.0 Å². The maximum Gasteiger partial charge on any atom is 0.329 e. The van der Waals surface area contributed by atoms with E-state index in [0.717, 1.165) is 5.56 Å². The standard InChI is InChI=1S/C16H14N2O2/c19-15-14(11-12-7-3-1-4-8-12)17-16(20)18(15)13-9-5-2-6-10-13/h1-10,14H,11H2,(H,17,20). The number of hydrogen-bond donors (Lipinski definition) is 1. The topological polar surface area (TPSA) is 49.4 Å². The maximum absolute atomic E-state index is 12.4. The molecule has 0 spiro atoms. The number of nitrogens with one attached hydrogen (secondary N) is 1. The molecule has 1 atom stereocenters. The highest BCUT2D eigenvalue weighted by molar-refractivity contribution is 6.21. The number of nitrogens with zero attached hydrogens (tertiary/aromatic N) is 1. The van der Waals surface area contributed by atoms with Crippen LogP contribution in [0.2, 0.25) is 0 Å². The number of anilines is 1. The highest BCUT2D eigenvalue weighted by atomic mass is 16.2. The lowest BCUT2D eigenvalue weighted by Crippen LogP contribution is -2.32. The number of benzene rings is 2. The van der Waals surface area contributed by atoms with E-state index in [9.17, 15) is 9.59 Å². The van der Waals surface area contributed by atoms with Gasteiger partial charge in [0.15, 0.2) is 0 Å². The van der Waals surface area contributed by atoms with Gasteiger partial charge in [0.25, 0.3) is 5.91 Å². The third-order valence-electron chi connectivity index (χ3n) is 3.32. The quantitative estimate of drug-likeness (QED) is 0.867. The highest BCUT2D eigenvalue weighted by Gasteiger charge is 2.38. The molecule has 1 unspecified atom stereocenters. The molecule has 1 aliphatic heterocycles. The molecule has 3 rings (SSSR count). The molecular formula is C16H14N2O2. The number of urea groups is 1. The van der Waals surface area contributed by atoms with E-state index in [1.807, 2.05) is 36.4 Å². The number of imide groups is 1. The second-order valence-corrected chi connectivity index (χ2v) is 4.70. The van der Waals surface area contributed by atoms with E-state index >= 15 is 0 Å². The SMILES string of the molecule is O=C1NC(Cc2ccccc2)C(=O)N1c1ccccc1. The van der Waals surface area contributed by atoms with Crippen LogP contribution in [0.4, 0.5) is 10.5 Å². The Bertz CT molecular complexity index is 625. The number of amides is 3. The molecule has 4 heteroatoms. The van der Waals surface area contributed by atoms with Gasteiger partial charge >= 0.3 is 6.03 Å². The maximum atomic E-state index is 12.4. The minimum atomic E-state index is -0.495. The first-order valence-electron chi connectivity index (χ1n) is 6.49. The third-order valence-corrected chi connectivity index (χ3v) is 3.32. The molecule has 1 N–H and O–H groups in total. The van der Waals surface area contributed by atoms with Crippen molar-refractivity contribution in [3.05, 3.63) is 66.2 Å². The Morgan fingerprint density at radius 3 is 2.15 bits per heavy atom. The molecule has 3 amide bonds. The van der Waals surface area contributed by atoms with E-state index in [1.54, 1.807) is 24.3 Å². The van der Waals surface area contributed by atoms with Crippen LogP contribution in [0.5, 0.6) is 0 Å². The number of rotatable bonds is 3. The molecular weight excluding hydrogens is 252 g/mol. The van der Waals surface area contributed by atoms with Gasteiger partial charge in [-0.3, -0.25) is 4.79 Å². The van der Waals surface area contributed by atoms with Crippen molar-refractivity contribution < 1.29 is 9.59 Å². The molecule has 20 heavy (non-hydrogen) atoms. The Labute approximate surface area is 117 Å². The van der Waals surface area contributed by atoms with Crippen molar-refractivity contribution in [1.29, 1.82) is 0 Å². The molecule has 0 saturated carbocycles. The van der Waals surface area contributed by atoms with Crippen molar-refractivity contribution in [2.75, 3.05) is 4.90 Å². The second-order valence-electron chi connectivity index (χ2n) is 4.70. The fourth-order valence-corrected chi connectivity index (χ4v) is 2.34. The van der Waals surface area contributed by atoms with Crippen LogP contribution in [0.3, 0.4) is 0 Å². The summed E-state index contributed by atoms with van der Waals surface area (Å²) in [6, 6.07) is 17.8. The van der Waals surface area contributed by atoms with Gasteiger partial charge in [0, 0.05) is 6.42 Å². The zero-order valence-corrected chi connectivity index (χ0v) is 10.8. The van der Waals surface area contributed by atoms with E-state index in [1.165, 1.54) is 4.90 Å². The Balaban J connectivity index is 1.81. The molecule has 4 nitrogen and oxygen atoms in total. The molecule has 1 aliphatic rings. The first-order chi connectivity index (χ1) is 9.75. The van der Waals surface area contributed by atoms with Gasteiger partial charge in [-0.05, 0) is 17.7 Å². The molecule has 2 aromatic carbocycles. The summed E-state index contributed by atoms with van der Waals surface area (Å²) in [6.45, 7) is 0. The zero-order valence-electron chi connectivity index (χ0n) is 10.8. The number of para-hydroxylation sites is 1. The normalized spacial score (nSPS) is 18.2. The summed E-state index contributed by atoms with van der Waals surface area (Å²) >= 11 is 0. The van der Waals surface area contributed by atoms with Crippen LogP contribution < -0.4 is 10.2 Å². The first kappa shape index (κ1) is 12.4. The van der Waals surface area contributed by atoms with Gasteiger partial charge in [0.1, 0.15) is 6.04 Å². The number of carbonyl (C=O) groups excluding carboxylic acids is 2. The minimum absolute atomic E-state index is 0.204. The number of hydrogen-bond acceptors (Lipinski definition) is 2. The Hall–Kier alpha value is -2.62. The Morgan fingerprint density at radius 1 is 0.900 bits per heavy atom. The van der Waals surface area contributed by atoms with Crippen molar-refractivity contribution in [1.82, 2.24) is 5.32 Å². The average Bonchev–Trinajstić information content (AvgIpc) is 2.75. The summed E-state index contributed by atoms with van der Waals surface area (Å²) in [5.74, 6) is -0.204. The van der Waals surface area contributed by atoms with Crippen LogP contribution in [0.1, 0.15) is 5.56 Å². The van der Waals surface area contributed by atoms with Gasteiger partial charge in [-0.15, -0.1) is 0 Å². The van der Waals surface area contributed by atoms with Crippen LogP contribution in [-0.2, 0) is 11.2 Å². The molecule has 0 radical (unpaired) electrons. The third kappa shape index (κ3) is 2.28. The van der Waals surface area contributed by atoms with Crippen LogP contribution in [0, 0.1) is 0 Å². The van der Waals surface area contributed by atoms with E-state index in [4.69, 9.17) is 0 Å². The van der Waals surface area contributed by atoms with Gasteiger partial charge in [0.05, 0.1) is 5.69 Å². The first-order valence-corrected chi connectivity index (χ1v) is 6.49. The van der Waals surface area contributed by atoms with Gasteiger partial charge in [0.2, 0.25) is 0 Å². The predicted molar refractivity (Wildman–Crippen MR) is 76.4 cm³/mol. The van der Waals surface area contributed by atoms with Crippen molar-refractivity contribution >= 4 is 17.6 Å². The minimum Gasteiger partial charge on any atom is -0.325 e. The van der Waals surface area contributed by atoms with Crippen LogP contribution in [0.15, 0.2) is 60.7 Å². The van der Waals surface area contributed by atoms with Crippen molar-refractivity contribution in [2.24, 2.45) is 0 Å². The Kier molecular flexibility index (Phi) is 3.21. The van der Waals surface area contributed by atoms with Gasteiger partial charge in [-0.1, -0.05) is 48.5 Å². The molecule has 1 saturated heterocycles. The largest absolute Gasteiger partial charge is 0.329 e. The van der Waals surface area contributed by atoms with Crippen molar-refractivity contribution in [3.63, 3.8) is 0 Å². The average molecular weight is 266 g/mol. The smallest absolute Gasteiger partial charge is 0.325 e. The fourth-order valence-electron chi connectivity index (χ4n) is 2.34. The molecule has 1 heterocycles. The second kappa shape index (κ2) is 5.17. The van der Waals surface area contributed by atoms with E-state index in [0.29, 0.717) is 12.1 Å². The summed E-state index contributed by atoms with van der Waals surface area (Å²) < 4.78 is 0. The van der Waals surface area contributed by atoms with Crippen molar-refractivity contribution in [3.8, 4) is 0 Å². The fraction of sp³-hybridized carbons (Fsp3) is 0.125. The zero-order chi connectivity index (χ0) is 13.9. The van der Waals surface area contributed by atoms with E-state index in [-0.39, 0.29) is 11.9 Å². The Morgan fingerprint density at radius 2 is 1.50 bits per heavy atom. The van der Waals surface area contributed by atoms with Gasteiger partial charge < -0.3 is 5.32 Å². The summed E-state index contributed by atoms with van der Waals surface area (Å²) in [5.41, 5.74) is 1.63. The summed E-state index contributed by atoms with van der Waals surface area (Å²) in [7, 11) is 0. The summed E-state index contributed by atoms with van der Waals surface area (Å²) in [5, 5.41) is 2.74. The monoisotopic (exact) mass is 266 g/mol. The molecule has 0 aromatic heterocycles. The molecule has 2 aromatic rings. The summed E-state index contributed by atoms with van der Waals surface area (Å²) in [4.78, 5) is 25.5. The van der Waals surface area contributed by atoms with Gasteiger partial charge in [-0.2, -0.15) is 0 Å². The highest BCUT2D eigenvalue weighted by Crippen LogP contribution is 2.20.